The third-order valence-electron chi connectivity index (χ3n) is 2.71. The number of nitrogens with zero attached hydrogens (tertiary/aromatic N) is 2. The second kappa shape index (κ2) is 5.24. The monoisotopic (exact) mass is 263 g/mol. The van der Waals surface area contributed by atoms with Crippen LogP contribution in [0.2, 0.25) is 0 Å². The zero-order valence-electron chi connectivity index (χ0n) is 10.1. The summed E-state index contributed by atoms with van der Waals surface area (Å²) >= 11 is 1.47. The second-order valence-electron chi connectivity index (χ2n) is 3.85. The van der Waals surface area contributed by atoms with Crippen molar-refractivity contribution in [3.05, 3.63) is 45.5 Å². The van der Waals surface area contributed by atoms with Crippen molar-refractivity contribution in [1.29, 1.82) is 0 Å². The van der Waals surface area contributed by atoms with Crippen LogP contribution >= 0.6 is 11.3 Å². The van der Waals surface area contributed by atoms with E-state index < -0.39 is 0 Å². The lowest BCUT2D eigenvalue weighted by Crippen LogP contribution is -2.10. The second-order valence-corrected chi connectivity index (χ2v) is 4.91. The van der Waals surface area contributed by atoms with Crippen LogP contribution < -0.4 is 5.32 Å². The first-order valence-electron chi connectivity index (χ1n) is 5.50. The van der Waals surface area contributed by atoms with Crippen LogP contribution in [0.15, 0.2) is 30.5 Å². The number of hydrogen-bond donors (Lipinski definition) is 1. The Balaban J connectivity index is 2.43. The lowest BCUT2D eigenvalue weighted by molar-refractivity contribution is -0.384. The fourth-order valence-corrected chi connectivity index (χ4v) is 2.58. The van der Waals surface area contributed by atoms with E-state index in [2.05, 4.69) is 10.3 Å². The van der Waals surface area contributed by atoms with Crippen LogP contribution in [0, 0.1) is 10.1 Å². The Kier molecular flexibility index (Phi) is 3.69. The maximum Gasteiger partial charge on any atom is 0.279 e. The zero-order valence-corrected chi connectivity index (χ0v) is 10.9. The van der Waals surface area contributed by atoms with Crippen LogP contribution in [0.3, 0.4) is 0 Å². The summed E-state index contributed by atoms with van der Waals surface area (Å²) < 4.78 is 0. The van der Waals surface area contributed by atoms with Crippen molar-refractivity contribution in [1.82, 2.24) is 10.3 Å². The molecule has 0 saturated heterocycles. The molecule has 6 heteroatoms. The van der Waals surface area contributed by atoms with E-state index in [4.69, 9.17) is 0 Å². The molecular weight excluding hydrogens is 250 g/mol. The summed E-state index contributed by atoms with van der Waals surface area (Å²) in [4.78, 5) is 15.9. The van der Waals surface area contributed by atoms with Gasteiger partial charge in [0.15, 0.2) is 0 Å². The number of benzene rings is 1. The summed E-state index contributed by atoms with van der Waals surface area (Å²) in [5, 5.41) is 14.8. The van der Waals surface area contributed by atoms with Gasteiger partial charge in [0.25, 0.3) is 5.69 Å². The Morgan fingerprint density at radius 2 is 2.17 bits per heavy atom. The zero-order chi connectivity index (χ0) is 13.1. The molecule has 0 saturated carbocycles. The van der Waals surface area contributed by atoms with Gasteiger partial charge in [-0.05, 0) is 20.0 Å². The molecule has 2 rings (SSSR count). The number of nitro benzene ring substituents is 1. The number of hydrogen-bond acceptors (Lipinski definition) is 5. The Morgan fingerprint density at radius 1 is 1.44 bits per heavy atom. The van der Waals surface area contributed by atoms with Gasteiger partial charge in [-0.2, -0.15) is 0 Å². The molecule has 18 heavy (non-hydrogen) atoms. The predicted molar refractivity (Wildman–Crippen MR) is 71.7 cm³/mol. The minimum atomic E-state index is -0.377. The SMILES string of the molecule is CNC(C)c1cnc(-c2ccccc2[N+](=O)[O-])s1. The topological polar surface area (TPSA) is 68.1 Å². The lowest BCUT2D eigenvalue weighted by Gasteiger charge is -2.04. The van der Waals surface area contributed by atoms with E-state index in [9.17, 15) is 10.1 Å². The fraction of sp³-hybridized carbons (Fsp3) is 0.250. The van der Waals surface area contributed by atoms with E-state index in [1.165, 1.54) is 17.4 Å². The van der Waals surface area contributed by atoms with Crippen LogP contribution in [-0.2, 0) is 0 Å². The quantitative estimate of drug-likeness (QED) is 0.680. The van der Waals surface area contributed by atoms with Crippen molar-refractivity contribution in [2.24, 2.45) is 0 Å². The first-order chi connectivity index (χ1) is 8.63. The Bertz CT molecular complexity index is 568. The maximum atomic E-state index is 11.0. The lowest BCUT2D eigenvalue weighted by atomic mass is 10.2. The molecule has 0 spiro atoms. The molecule has 0 fully saturated rings. The van der Waals surface area contributed by atoms with E-state index in [1.807, 2.05) is 14.0 Å². The van der Waals surface area contributed by atoms with Crippen molar-refractivity contribution >= 4 is 17.0 Å². The molecule has 1 unspecified atom stereocenters. The van der Waals surface area contributed by atoms with Gasteiger partial charge in [-0.3, -0.25) is 10.1 Å². The summed E-state index contributed by atoms with van der Waals surface area (Å²) in [6.45, 7) is 2.02. The van der Waals surface area contributed by atoms with Crippen molar-refractivity contribution in [2.75, 3.05) is 7.05 Å². The smallest absolute Gasteiger partial charge is 0.279 e. The number of aromatic nitrogens is 1. The first-order valence-corrected chi connectivity index (χ1v) is 6.32. The van der Waals surface area contributed by atoms with Crippen LogP contribution in [0.5, 0.6) is 0 Å². The fourth-order valence-electron chi connectivity index (χ4n) is 1.57. The third-order valence-corrected chi connectivity index (χ3v) is 3.93. The maximum absolute atomic E-state index is 11.0. The molecular formula is C12H13N3O2S. The molecule has 0 radical (unpaired) electrons. The third kappa shape index (κ3) is 2.39. The van der Waals surface area contributed by atoms with Gasteiger partial charge in [0, 0.05) is 23.2 Å². The van der Waals surface area contributed by atoms with Crippen LogP contribution in [0.1, 0.15) is 17.8 Å². The molecule has 1 aromatic heterocycles. The van der Waals surface area contributed by atoms with Gasteiger partial charge in [-0.15, -0.1) is 11.3 Å². The highest BCUT2D eigenvalue weighted by Gasteiger charge is 2.18. The first kappa shape index (κ1) is 12.7. The van der Waals surface area contributed by atoms with Crippen LogP contribution in [-0.4, -0.2) is 17.0 Å². The minimum absolute atomic E-state index is 0.0931. The molecule has 1 atom stereocenters. The molecule has 2 aromatic rings. The highest BCUT2D eigenvalue weighted by atomic mass is 32.1. The van der Waals surface area contributed by atoms with E-state index in [-0.39, 0.29) is 16.7 Å². The van der Waals surface area contributed by atoms with Gasteiger partial charge in [0.05, 0.1) is 10.5 Å². The molecule has 1 aromatic carbocycles. The van der Waals surface area contributed by atoms with E-state index >= 15 is 0 Å². The summed E-state index contributed by atoms with van der Waals surface area (Å²) in [5.74, 6) is 0. The Morgan fingerprint density at radius 3 is 2.83 bits per heavy atom. The van der Waals surface area contributed by atoms with Gasteiger partial charge >= 0.3 is 0 Å². The number of nitrogens with one attached hydrogen (secondary N) is 1. The predicted octanol–water partition coefficient (Wildman–Crippen LogP) is 3.00. The van der Waals surface area contributed by atoms with Gasteiger partial charge in [-0.25, -0.2) is 4.98 Å². The standard InChI is InChI=1S/C12H13N3O2S/c1-8(13-2)11-7-14-12(18-11)9-5-3-4-6-10(9)15(16)17/h3-8,13H,1-2H3. The number of nitro groups is 1. The summed E-state index contributed by atoms with van der Waals surface area (Å²) in [6.07, 6.45) is 1.76. The van der Waals surface area contributed by atoms with Crippen LogP contribution in [0.25, 0.3) is 10.6 Å². The van der Waals surface area contributed by atoms with Crippen molar-refractivity contribution in [2.45, 2.75) is 13.0 Å². The molecule has 0 amide bonds. The normalized spacial score (nSPS) is 12.3. The summed E-state index contributed by atoms with van der Waals surface area (Å²) in [5.41, 5.74) is 0.664. The number of thiazole rings is 1. The van der Waals surface area contributed by atoms with E-state index in [0.29, 0.717) is 10.6 Å². The van der Waals surface area contributed by atoms with Gasteiger partial charge in [-0.1, -0.05) is 12.1 Å². The molecule has 1 heterocycles. The average Bonchev–Trinajstić information content (AvgIpc) is 2.87. The molecule has 1 N–H and O–H groups in total. The molecule has 94 valence electrons. The average molecular weight is 263 g/mol. The highest BCUT2D eigenvalue weighted by Crippen LogP contribution is 2.34. The largest absolute Gasteiger partial charge is 0.312 e. The Labute approximate surface area is 109 Å². The van der Waals surface area contributed by atoms with E-state index in [1.54, 1.807) is 24.4 Å². The summed E-state index contributed by atoms with van der Waals surface area (Å²) in [6, 6.07) is 6.86. The highest BCUT2D eigenvalue weighted by molar-refractivity contribution is 7.15. The van der Waals surface area contributed by atoms with Gasteiger partial charge in [0.2, 0.25) is 0 Å². The minimum Gasteiger partial charge on any atom is -0.312 e. The van der Waals surface area contributed by atoms with Crippen molar-refractivity contribution in [3.8, 4) is 10.6 Å². The van der Waals surface area contributed by atoms with Crippen molar-refractivity contribution < 1.29 is 4.92 Å². The molecule has 5 nitrogen and oxygen atoms in total. The Hall–Kier alpha value is -1.79. The van der Waals surface area contributed by atoms with Crippen molar-refractivity contribution in [3.63, 3.8) is 0 Å². The van der Waals surface area contributed by atoms with Gasteiger partial charge < -0.3 is 5.32 Å². The molecule has 0 aliphatic rings. The molecule has 0 bridgehead atoms. The van der Waals surface area contributed by atoms with Crippen LogP contribution in [0.4, 0.5) is 5.69 Å². The summed E-state index contributed by atoms with van der Waals surface area (Å²) in [7, 11) is 1.87. The molecule has 0 aliphatic heterocycles. The van der Waals surface area contributed by atoms with Gasteiger partial charge in [0.1, 0.15) is 5.01 Å². The number of rotatable bonds is 4. The molecule has 0 aliphatic carbocycles. The van der Waals surface area contributed by atoms with E-state index in [0.717, 1.165) is 4.88 Å². The number of para-hydroxylation sites is 1.